The zero-order chi connectivity index (χ0) is 18.6. The summed E-state index contributed by atoms with van der Waals surface area (Å²) in [4.78, 5) is 6.81. The van der Waals surface area contributed by atoms with Crippen LogP contribution in [0.4, 0.5) is 0 Å². The van der Waals surface area contributed by atoms with E-state index in [0.717, 1.165) is 36.8 Å². The number of hydrogen-bond donors (Lipinski definition) is 2. The second-order valence-electron chi connectivity index (χ2n) is 7.35. The Labute approximate surface area is 161 Å². The molecule has 2 N–H and O–H groups in total. The maximum atomic E-state index is 10.1. The van der Waals surface area contributed by atoms with Gasteiger partial charge in [0.2, 0.25) is 0 Å². The van der Waals surface area contributed by atoms with Crippen molar-refractivity contribution in [3.8, 4) is 0 Å². The fourth-order valence-corrected chi connectivity index (χ4v) is 4.43. The molecule has 1 aromatic heterocycles. The molecular weight excluding hydrogens is 346 g/mol. The summed E-state index contributed by atoms with van der Waals surface area (Å²) >= 11 is 6.09. The molecule has 4 nitrogen and oxygen atoms in total. The molecule has 3 atom stereocenters. The molecular formula is C21H28ClN3O. The average molecular weight is 374 g/mol. The molecule has 0 saturated carbocycles. The fourth-order valence-electron chi connectivity index (χ4n) is 4.30. The van der Waals surface area contributed by atoms with Gasteiger partial charge in [0.25, 0.3) is 0 Å². The van der Waals surface area contributed by atoms with Crippen LogP contribution in [0.1, 0.15) is 37.6 Å². The minimum Gasteiger partial charge on any atom is -0.394 e. The van der Waals surface area contributed by atoms with Gasteiger partial charge in [-0.1, -0.05) is 36.7 Å². The molecule has 1 saturated heterocycles. The number of likely N-dealkylation sites (N-methyl/N-ethyl adjacent to an activating group) is 1. The Bertz CT molecular complexity index is 694. The third kappa shape index (κ3) is 4.09. The molecule has 0 amide bonds. The van der Waals surface area contributed by atoms with E-state index in [4.69, 9.17) is 11.6 Å². The quantitative estimate of drug-likeness (QED) is 0.777. The third-order valence-corrected chi connectivity index (χ3v) is 5.76. The molecule has 0 unspecified atom stereocenters. The summed E-state index contributed by atoms with van der Waals surface area (Å²) in [5.74, 6) is 0.414. The maximum absolute atomic E-state index is 10.1. The van der Waals surface area contributed by atoms with Crippen molar-refractivity contribution in [2.45, 2.75) is 38.4 Å². The Morgan fingerprint density at radius 1 is 1.27 bits per heavy atom. The number of nitrogens with zero attached hydrogens (tertiary/aromatic N) is 2. The monoisotopic (exact) mass is 373 g/mol. The molecule has 0 spiro atoms. The predicted octanol–water partition coefficient (Wildman–Crippen LogP) is 3.66. The van der Waals surface area contributed by atoms with Gasteiger partial charge in [-0.3, -0.25) is 9.88 Å². The van der Waals surface area contributed by atoms with Crippen molar-refractivity contribution in [3.63, 3.8) is 0 Å². The Balaban J connectivity index is 1.77. The fraction of sp³-hybridized carbons (Fsp3) is 0.476. The molecule has 1 aromatic carbocycles. The summed E-state index contributed by atoms with van der Waals surface area (Å²) in [5.41, 5.74) is 2.11. The second-order valence-corrected chi connectivity index (χ2v) is 7.79. The molecule has 3 rings (SSSR count). The molecule has 1 aliphatic rings. The number of aliphatic hydroxyl groups excluding tert-OH is 1. The largest absolute Gasteiger partial charge is 0.394 e. The van der Waals surface area contributed by atoms with Crippen LogP contribution in [0.15, 0.2) is 48.7 Å². The molecule has 0 aliphatic carbocycles. The number of hydrogen-bond acceptors (Lipinski definition) is 4. The Morgan fingerprint density at radius 2 is 2.04 bits per heavy atom. The molecule has 2 aromatic rings. The highest BCUT2D eigenvalue weighted by molar-refractivity contribution is 6.30. The number of halogens is 1. The van der Waals surface area contributed by atoms with Crippen molar-refractivity contribution in [2.75, 3.05) is 19.7 Å². The minimum absolute atomic E-state index is 0.168. The van der Waals surface area contributed by atoms with Gasteiger partial charge in [-0.25, -0.2) is 0 Å². The zero-order valence-corrected chi connectivity index (χ0v) is 16.3. The summed E-state index contributed by atoms with van der Waals surface area (Å²) < 4.78 is 0. The lowest BCUT2D eigenvalue weighted by Gasteiger charge is -2.37. The van der Waals surface area contributed by atoms with Crippen LogP contribution < -0.4 is 5.32 Å². The van der Waals surface area contributed by atoms with Crippen molar-refractivity contribution in [2.24, 2.45) is 5.92 Å². The van der Waals surface area contributed by atoms with Gasteiger partial charge in [-0.05, 0) is 55.6 Å². The van der Waals surface area contributed by atoms with E-state index in [0.29, 0.717) is 5.92 Å². The summed E-state index contributed by atoms with van der Waals surface area (Å²) in [6, 6.07) is 14.4. The average Bonchev–Trinajstić information content (AvgIpc) is 2.95. The van der Waals surface area contributed by atoms with Crippen LogP contribution in [0.3, 0.4) is 0 Å². The summed E-state index contributed by atoms with van der Waals surface area (Å²) in [5, 5.41) is 14.4. The Hall–Kier alpha value is -1.46. The number of rotatable bonds is 7. The highest BCUT2D eigenvalue weighted by atomic mass is 35.5. The molecule has 1 fully saturated rings. The van der Waals surface area contributed by atoms with Crippen LogP contribution in [-0.4, -0.2) is 40.2 Å². The third-order valence-electron chi connectivity index (χ3n) is 5.51. The lowest BCUT2D eigenvalue weighted by Crippen LogP contribution is -2.45. The molecule has 0 radical (unpaired) electrons. The van der Waals surface area contributed by atoms with Gasteiger partial charge in [-0.15, -0.1) is 0 Å². The van der Waals surface area contributed by atoms with Crippen molar-refractivity contribution in [1.29, 1.82) is 0 Å². The number of likely N-dealkylation sites (tertiary alicyclic amines) is 1. The lowest BCUT2D eigenvalue weighted by atomic mass is 9.90. The predicted molar refractivity (Wildman–Crippen MR) is 106 cm³/mol. The summed E-state index contributed by atoms with van der Waals surface area (Å²) in [7, 11) is 0. The van der Waals surface area contributed by atoms with Gasteiger partial charge in [0.1, 0.15) is 0 Å². The van der Waals surface area contributed by atoms with Crippen molar-refractivity contribution in [1.82, 2.24) is 15.2 Å². The first kappa shape index (κ1) is 19.3. The number of nitrogens with one attached hydrogen (secondary N) is 1. The van der Waals surface area contributed by atoms with E-state index in [1.54, 1.807) is 0 Å². The molecule has 5 heteroatoms. The van der Waals surface area contributed by atoms with Gasteiger partial charge in [0, 0.05) is 35.9 Å². The first-order chi connectivity index (χ1) is 12.6. The van der Waals surface area contributed by atoms with Gasteiger partial charge in [-0.2, -0.15) is 0 Å². The normalized spacial score (nSPS) is 26.3. The SMILES string of the molecule is CCN1[C@@H](c2ccc(Cl)cc2)[C@@H](CNCc2ccccn2)C[C@@]1(C)CO. The number of aliphatic hydroxyl groups is 1. The van der Waals surface area contributed by atoms with Crippen LogP contribution in [0.5, 0.6) is 0 Å². The second kappa shape index (κ2) is 8.49. The number of pyridine rings is 1. The van der Waals surface area contributed by atoms with Gasteiger partial charge in [0.05, 0.1) is 12.3 Å². The summed E-state index contributed by atoms with van der Waals surface area (Å²) in [6.45, 7) is 7.05. The highest BCUT2D eigenvalue weighted by Crippen LogP contribution is 2.46. The van der Waals surface area contributed by atoms with Gasteiger partial charge < -0.3 is 10.4 Å². The molecule has 0 bridgehead atoms. The Kier molecular flexibility index (Phi) is 6.30. The number of aromatic nitrogens is 1. The van der Waals surface area contributed by atoms with Crippen molar-refractivity contribution in [3.05, 3.63) is 64.9 Å². The van der Waals surface area contributed by atoms with E-state index in [2.05, 4.69) is 41.2 Å². The number of benzene rings is 1. The van der Waals surface area contributed by atoms with Gasteiger partial charge in [0.15, 0.2) is 0 Å². The van der Waals surface area contributed by atoms with Crippen molar-refractivity contribution >= 4 is 11.6 Å². The maximum Gasteiger partial charge on any atom is 0.0613 e. The van der Waals surface area contributed by atoms with Crippen molar-refractivity contribution < 1.29 is 5.11 Å². The first-order valence-electron chi connectivity index (χ1n) is 9.31. The van der Waals surface area contributed by atoms with E-state index in [9.17, 15) is 5.11 Å². The lowest BCUT2D eigenvalue weighted by molar-refractivity contribution is 0.0579. The Morgan fingerprint density at radius 3 is 2.65 bits per heavy atom. The van der Waals surface area contributed by atoms with E-state index in [1.807, 2.05) is 36.5 Å². The van der Waals surface area contributed by atoms with Crippen LogP contribution in [0.25, 0.3) is 0 Å². The topological polar surface area (TPSA) is 48.4 Å². The minimum atomic E-state index is -0.198. The molecule has 2 heterocycles. The molecule has 140 valence electrons. The van der Waals surface area contributed by atoms with E-state index < -0.39 is 0 Å². The van der Waals surface area contributed by atoms with Gasteiger partial charge >= 0.3 is 0 Å². The van der Waals surface area contributed by atoms with E-state index in [-0.39, 0.29) is 18.2 Å². The van der Waals surface area contributed by atoms with Crippen LogP contribution >= 0.6 is 11.6 Å². The standard InChI is InChI=1S/C21H28ClN3O/c1-3-25-20(16-7-9-18(22)10-8-16)17(12-21(25,2)15-26)13-23-14-19-6-4-5-11-24-19/h4-11,17,20,23,26H,3,12-15H2,1-2H3/t17-,20+,21+/m1/s1. The van der Waals surface area contributed by atoms with Crippen LogP contribution in [0.2, 0.25) is 5.02 Å². The van der Waals surface area contributed by atoms with E-state index >= 15 is 0 Å². The van der Waals surface area contributed by atoms with Crippen LogP contribution in [0, 0.1) is 5.92 Å². The van der Waals surface area contributed by atoms with E-state index in [1.165, 1.54) is 5.56 Å². The smallest absolute Gasteiger partial charge is 0.0613 e. The highest BCUT2D eigenvalue weighted by Gasteiger charge is 2.47. The molecule has 26 heavy (non-hydrogen) atoms. The summed E-state index contributed by atoms with van der Waals surface area (Å²) in [6.07, 6.45) is 2.78. The van der Waals surface area contributed by atoms with Crippen LogP contribution in [-0.2, 0) is 6.54 Å². The first-order valence-corrected chi connectivity index (χ1v) is 9.69. The molecule has 1 aliphatic heterocycles. The zero-order valence-electron chi connectivity index (χ0n) is 15.5.